The van der Waals surface area contributed by atoms with Gasteiger partial charge >= 0.3 is 0 Å². The van der Waals surface area contributed by atoms with Crippen LogP contribution < -0.4 is 5.32 Å². The Kier molecular flexibility index (Phi) is 0.821. The third-order valence-electron chi connectivity index (χ3n) is 1.03. The molecule has 0 radical (unpaired) electrons. The van der Waals surface area contributed by atoms with Crippen LogP contribution in [-0.2, 0) is 4.74 Å². The second-order valence-electron chi connectivity index (χ2n) is 1.61. The van der Waals surface area contributed by atoms with Crippen LogP contribution in [-0.4, -0.2) is 19.4 Å². The van der Waals surface area contributed by atoms with E-state index in [1.807, 2.05) is 0 Å². The third-order valence-corrected chi connectivity index (χ3v) is 1.03. The third kappa shape index (κ3) is 0.533. The second-order valence-corrected chi connectivity index (χ2v) is 1.61. The predicted octanol–water partition coefficient (Wildman–Crippen LogP) is -0.0494. The van der Waals surface area contributed by atoms with Crippen molar-refractivity contribution >= 4 is 0 Å². The molecule has 0 amide bonds. The maximum absolute atomic E-state index is 4.86. The van der Waals surface area contributed by atoms with Gasteiger partial charge in [-0.1, -0.05) is 0 Å². The van der Waals surface area contributed by atoms with E-state index in [1.54, 1.807) is 7.11 Å². The highest BCUT2D eigenvalue weighted by Gasteiger charge is 2.30. The van der Waals surface area contributed by atoms with E-state index in [1.165, 1.54) is 0 Å². The molecule has 1 aliphatic heterocycles. The monoisotopic (exact) mass is 87.1 g/mol. The Morgan fingerprint density at radius 2 is 2.17 bits per heavy atom. The molecule has 6 heavy (non-hydrogen) atoms. The molecule has 0 aliphatic carbocycles. The van der Waals surface area contributed by atoms with Crippen LogP contribution in [0.1, 0.15) is 6.92 Å². The second kappa shape index (κ2) is 1.21. The minimum Gasteiger partial charge on any atom is -0.365 e. The van der Waals surface area contributed by atoms with Crippen molar-refractivity contribution in [3.05, 3.63) is 0 Å². The number of methoxy groups -OCH3 is 1. The molecular formula is C4H9NO. The Labute approximate surface area is 37.5 Å². The summed E-state index contributed by atoms with van der Waals surface area (Å²) in [5.41, 5.74) is 0. The highest BCUT2D eigenvalue weighted by molar-refractivity contribution is 4.85. The molecule has 1 saturated heterocycles. The standard InChI is InChI=1S/C4H9NO/c1-3-4(5-3)6-2/h3-5H,1-2H3/t3?,4-/m1/s1. The van der Waals surface area contributed by atoms with Crippen LogP contribution in [0.2, 0.25) is 0 Å². The topological polar surface area (TPSA) is 31.2 Å². The van der Waals surface area contributed by atoms with Gasteiger partial charge in [-0.3, -0.25) is 5.32 Å². The molecule has 2 nitrogen and oxygen atoms in total. The van der Waals surface area contributed by atoms with Gasteiger partial charge in [0.15, 0.2) is 0 Å². The van der Waals surface area contributed by atoms with E-state index in [9.17, 15) is 0 Å². The maximum Gasteiger partial charge on any atom is 0.123 e. The lowest BCUT2D eigenvalue weighted by Gasteiger charge is -1.81. The molecule has 0 aromatic heterocycles. The van der Waals surface area contributed by atoms with Crippen LogP contribution in [0.5, 0.6) is 0 Å². The molecule has 1 heterocycles. The quantitative estimate of drug-likeness (QED) is 0.455. The SMILES string of the molecule is CO[C@H]1NC1C. The highest BCUT2D eigenvalue weighted by atomic mass is 16.5. The fourth-order valence-electron chi connectivity index (χ4n) is 0.476. The zero-order chi connectivity index (χ0) is 4.57. The molecule has 1 unspecified atom stereocenters. The van der Waals surface area contributed by atoms with Gasteiger partial charge in [-0.25, -0.2) is 0 Å². The van der Waals surface area contributed by atoms with Gasteiger partial charge in [-0.2, -0.15) is 0 Å². The average Bonchev–Trinajstić information content (AvgIpc) is 2.19. The first kappa shape index (κ1) is 4.09. The number of rotatable bonds is 1. The molecule has 0 bridgehead atoms. The molecule has 1 N–H and O–H groups in total. The normalized spacial score (nSPS) is 43.0. The smallest absolute Gasteiger partial charge is 0.123 e. The number of nitrogens with one attached hydrogen (secondary N) is 1. The molecule has 0 aromatic rings. The Morgan fingerprint density at radius 1 is 1.67 bits per heavy atom. The van der Waals surface area contributed by atoms with E-state index >= 15 is 0 Å². The Hall–Kier alpha value is -0.0800. The summed E-state index contributed by atoms with van der Waals surface area (Å²) < 4.78 is 4.86. The number of hydrogen-bond acceptors (Lipinski definition) is 2. The fraction of sp³-hybridized carbons (Fsp3) is 1.00. The van der Waals surface area contributed by atoms with Crippen molar-refractivity contribution in [3.8, 4) is 0 Å². The molecule has 2 atom stereocenters. The van der Waals surface area contributed by atoms with Crippen LogP contribution in [0.25, 0.3) is 0 Å². The van der Waals surface area contributed by atoms with E-state index < -0.39 is 0 Å². The van der Waals surface area contributed by atoms with Gasteiger partial charge in [0.1, 0.15) is 6.23 Å². The summed E-state index contributed by atoms with van der Waals surface area (Å²) in [5, 5.41) is 3.06. The fourth-order valence-corrected chi connectivity index (χ4v) is 0.476. The van der Waals surface area contributed by atoms with Crippen LogP contribution in [0, 0.1) is 0 Å². The van der Waals surface area contributed by atoms with Crippen molar-refractivity contribution in [2.75, 3.05) is 7.11 Å². The average molecular weight is 87.1 g/mol. The van der Waals surface area contributed by atoms with Gasteiger partial charge in [-0.15, -0.1) is 0 Å². The minimum atomic E-state index is 0.352. The summed E-state index contributed by atoms with van der Waals surface area (Å²) in [6.45, 7) is 2.09. The minimum absolute atomic E-state index is 0.352. The van der Waals surface area contributed by atoms with Gasteiger partial charge in [-0.05, 0) is 6.92 Å². The van der Waals surface area contributed by atoms with Crippen molar-refractivity contribution in [2.24, 2.45) is 0 Å². The molecule has 0 spiro atoms. The molecule has 1 aliphatic rings. The zero-order valence-corrected chi connectivity index (χ0v) is 4.06. The molecular weight excluding hydrogens is 78.0 g/mol. The van der Waals surface area contributed by atoms with Crippen LogP contribution in [0.4, 0.5) is 0 Å². The number of ether oxygens (including phenoxy) is 1. The van der Waals surface area contributed by atoms with E-state index in [4.69, 9.17) is 4.74 Å². The summed E-state index contributed by atoms with van der Waals surface area (Å²) in [7, 11) is 1.71. The van der Waals surface area contributed by atoms with Crippen LogP contribution in [0.3, 0.4) is 0 Å². The highest BCUT2D eigenvalue weighted by Crippen LogP contribution is 2.07. The summed E-state index contributed by atoms with van der Waals surface area (Å²) in [4.78, 5) is 0. The first-order valence-corrected chi connectivity index (χ1v) is 2.13. The van der Waals surface area contributed by atoms with Crippen molar-refractivity contribution in [1.29, 1.82) is 0 Å². The van der Waals surface area contributed by atoms with Crippen molar-refractivity contribution < 1.29 is 4.74 Å². The predicted molar refractivity (Wildman–Crippen MR) is 23.4 cm³/mol. The molecule has 0 saturated carbocycles. The van der Waals surface area contributed by atoms with Gasteiger partial charge < -0.3 is 4.74 Å². The molecule has 36 valence electrons. The van der Waals surface area contributed by atoms with Gasteiger partial charge in [0.2, 0.25) is 0 Å². The van der Waals surface area contributed by atoms with Gasteiger partial charge in [0.05, 0.1) is 0 Å². The zero-order valence-electron chi connectivity index (χ0n) is 4.06. The summed E-state index contributed by atoms with van der Waals surface area (Å²) in [6.07, 6.45) is 0.352. The summed E-state index contributed by atoms with van der Waals surface area (Å²) >= 11 is 0. The lowest BCUT2D eigenvalue weighted by Crippen LogP contribution is -1.91. The summed E-state index contributed by atoms with van der Waals surface area (Å²) in [6, 6.07) is 0.593. The van der Waals surface area contributed by atoms with Gasteiger partial charge in [0, 0.05) is 13.2 Å². The van der Waals surface area contributed by atoms with Crippen molar-refractivity contribution in [2.45, 2.75) is 19.2 Å². The molecule has 0 aromatic carbocycles. The van der Waals surface area contributed by atoms with Crippen molar-refractivity contribution in [1.82, 2.24) is 5.32 Å². The Balaban J connectivity index is 2.09. The lowest BCUT2D eigenvalue weighted by atomic mass is 10.5. The van der Waals surface area contributed by atoms with Gasteiger partial charge in [0.25, 0.3) is 0 Å². The molecule has 2 heteroatoms. The lowest BCUT2D eigenvalue weighted by molar-refractivity contribution is 0.173. The van der Waals surface area contributed by atoms with E-state index in [-0.39, 0.29) is 0 Å². The largest absolute Gasteiger partial charge is 0.365 e. The van der Waals surface area contributed by atoms with E-state index in [2.05, 4.69) is 12.2 Å². The van der Waals surface area contributed by atoms with E-state index in [0.717, 1.165) is 0 Å². The number of hydrogen-bond donors (Lipinski definition) is 1. The summed E-state index contributed by atoms with van der Waals surface area (Å²) in [5.74, 6) is 0. The first-order valence-electron chi connectivity index (χ1n) is 2.13. The van der Waals surface area contributed by atoms with Crippen molar-refractivity contribution in [3.63, 3.8) is 0 Å². The first-order chi connectivity index (χ1) is 2.84. The van der Waals surface area contributed by atoms with E-state index in [0.29, 0.717) is 12.3 Å². The molecule has 1 rings (SSSR count). The van der Waals surface area contributed by atoms with Crippen LogP contribution >= 0.6 is 0 Å². The maximum atomic E-state index is 4.86. The Morgan fingerprint density at radius 3 is 2.17 bits per heavy atom. The van der Waals surface area contributed by atoms with Crippen LogP contribution in [0.15, 0.2) is 0 Å². The molecule has 1 fully saturated rings. The Bertz CT molecular complexity index is 53.5.